The Bertz CT molecular complexity index is 786. The van der Waals surface area contributed by atoms with Crippen LogP contribution in [0.1, 0.15) is 10.4 Å². The maximum Gasteiger partial charge on any atom is 0.336 e. The van der Waals surface area contributed by atoms with Crippen LogP contribution in [-0.4, -0.2) is 18.2 Å². The fourth-order valence-electron chi connectivity index (χ4n) is 2.44. The third-order valence-electron chi connectivity index (χ3n) is 3.46. The summed E-state index contributed by atoms with van der Waals surface area (Å²) in [4.78, 5) is 11.6. The molecule has 0 aliphatic heterocycles. The molecule has 2 aromatic carbocycles. The minimum absolute atomic E-state index is 0.235. The summed E-state index contributed by atoms with van der Waals surface area (Å²) in [5.74, 6) is 0.379. The van der Waals surface area contributed by atoms with Crippen molar-refractivity contribution in [3.63, 3.8) is 0 Å². The van der Waals surface area contributed by atoms with Crippen molar-refractivity contribution in [1.82, 2.24) is 0 Å². The first kappa shape index (κ1) is 13.9. The molecule has 0 amide bonds. The monoisotopic (exact) mass is 294 g/mol. The number of rotatable bonds is 4. The molecular formula is C18H14O4. The lowest BCUT2D eigenvalue weighted by Gasteiger charge is -2.12. The third kappa shape index (κ3) is 2.46. The van der Waals surface area contributed by atoms with Crippen molar-refractivity contribution in [2.75, 3.05) is 7.11 Å². The summed E-state index contributed by atoms with van der Waals surface area (Å²) < 4.78 is 10.6. The Labute approximate surface area is 127 Å². The van der Waals surface area contributed by atoms with E-state index in [1.165, 1.54) is 0 Å². The molecule has 1 N–H and O–H groups in total. The Hall–Kier alpha value is -3.01. The van der Waals surface area contributed by atoms with E-state index in [0.29, 0.717) is 11.3 Å². The first-order valence-corrected chi connectivity index (χ1v) is 6.75. The minimum Gasteiger partial charge on any atom is -0.497 e. The van der Waals surface area contributed by atoms with Gasteiger partial charge in [0, 0.05) is 11.1 Å². The number of benzene rings is 2. The van der Waals surface area contributed by atoms with E-state index in [2.05, 4.69) is 0 Å². The lowest BCUT2D eigenvalue weighted by molar-refractivity contribution is 0.0698. The highest BCUT2D eigenvalue weighted by atomic mass is 16.5. The first-order chi connectivity index (χ1) is 10.7. The fraction of sp³-hybridized carbons (Fsp3) is 0.0556. The SMILES string of the molecule is COc1ccc(-c2c(C(=O)O)cccc2-c2ccco2)cc1. The first-order valence-electron chi connectivity index (χ1n) is 6.75. The van der Waals surface area contributed by atoms with Crippen molar-refractivity contribution in [3.05, 3.63) is 66.4 Å². The van der Waals surface area contributed by atoms with Gasteiger partial charge >= 0.3 is 5.97 Å². The number of hydrogen-bond donors (Lipinski definition) is 1. The summed E-state index contributed by atoms with van der Waals surface area (Å²) in [6.45, 7) is 0. The minimum atomic E-state index is -0.973. The molecule has 0 spiro atoms. The molecule has 0 aliphatic rings. The van der Waals surface area contributed by atoms with Gasteiger partial charge in [0.1, 0.15) is 11.5 Å². The van der Waals surface area contributed by atoms with Crippen molar-refractivity contribution in [3.8, 4) is 28.2 Å². The van der Waals surface area contributed by atoms with E-state index in [4.69, 9.17) is 9.15 Å². The second kappa shape index (κ2) is 5.77. The smallest absolute Gasteiger partial charge is 0.336 e. The molecule has 0 unspecified atom stereocenters. The molecule has 3 rings (SSSR count). The van der Waals surface area contributed by atoms with Crippen LogP contribution in [0.3, 0.4) is 0 Å². The van der Waals surface area contributed by atoms with Crippen molar-refractivity contribution < 1.29 is 19.1 Å². The van der Waals surface area contributed by atoms with Gasteiger partial charge in [-0.3, -0.25) is 0 Å². The number of carboxylic acid groups (broad SMARTS) is 1. The molecule has 110 valence electrons. The van der Waals surface area contributed by atoms with Crippen LogP contribution in [0.5, 0.6) is 5.75 Å². The topological polar surface area (TPSA) is 59.7 Å². The summed E-state index contributed by atoms with van der Waals surface area (Å²) in [6.07, 6.45) is 1.57. The number of methoxy groups -OCH3 is 1. The number of carboxylic acids is 1. The van der Waals surface area contributed by atoms with Crippen molar-refractivity contribution >= 4 is 5.97 Å². The van der Waals surface area contributed by atoms with Crippen LogP contribution in [0.15, 0.2) is 65.3 Å². The maximum atomic E-state index is 11.6. The van der Waals surface area contributed by atoms with Crippen LogP contribution in [0.4, 0.5) is 0 Å². The van der Waals surface area contributed by atoms with Crippen LogP contribution >= 0.6 is 0 Å². The molecule has 4 nitrogen and oxygen atoms in total. The van der Waals surface area contributed by atoms with Crippen LogP contribution < -0.4 is 4.74 Å². The zero-order valence-corrected chi connectivity index (χ0v) is 11.9. The summed E-state index contributed by atoms with van der Waals surface area (Å²) >= 11 is 0. The van der Waals surface area contributed by atoms with E-state index in [9.17, 15) is 9.90 Å². The summed E-state index contributed by atoms with van der Waals surface area (Å²) in [6, 6.07) is 16.0. The second-order valence-corrected chi connectivity index (χ2v) is 4.74. The Morgan fingerprint density at radius 3 is 2.41 bits per heavy atom. The number of aromatic carboxylic acids is 1. The third-order valence-corrected chi connectivity index (χ3v) is 3.46. The average Bonchev–Trinajstić information content (AvgIpc) is 3.08. The molecule has 4 heteroatoms. The maximum absolute atomic E-state index is 11.6. The van der Waals surface area contributed by atoms with Gasteiger partial charge in [-0.2, -0.15) is 0 Å². The van der Waals surface area contributed by atoms with Crippen LogP contribution in [-0.2, 0) is 0 Å². The largest absolute Gasteiger partial charge is 0.497 e. The highest BCUT2D eigenvalue weighted by Crippen LogP contribution is 2.36. The molecular weight excluding hydrogens is 280 g/mol. The molecule has 1 aromatic heterocycles. The zero-order valence-electron chi connectivity index (χ0n) is 11.9. The Kier molecular flexibility index (Phi) is 3.66. The summed E-state index contributed by atoms with van der Waals surface area (Å²) in [5.41, 5.74) is 2.41. The fourth-order valence-corrected chi connectivity index (χ4v) is 2.44. The van der Waals surface area contributed by atoms with E-state index in [1.54, 1.807) is 43.7 Å². The molecule has 0 aliphatic carbocycles. The highest BCUT2D eigenvalue weighted by Gasteiger charge is 2.18. The number of ether oxygens (including phenoxy) is 1. The van der Waals surface area contributed by atoms with Gasteiger partial charge in [0.15, 0.2) is 0 Å². The van der Waals surface area contributed by atoms with Gasteiger partial charge in [-0.15, -0.1) is 0 Å². The van der Waals surface area contributed by atoms with Crippen LogP contribution in [0.25, 0.3) is 22.5 Å². The molecule has 3 aromatic rings. The molecule has 0 saturated carbocycles. The zero-order chi connectivity index (χ0) is 15.5. The number of carbonyl (C=O) groups is 1. The predicted octanol–water partition coefficient (Wildman–Crippen LogP) is 4.32. The predicted molar refractivity (Wildman–Crippen MR) is 83.1 cm³/mol. The van der Waals surface area contributed by atoms with E-state index in [-0.39, 0.29) is 5.56 Å². The van der Waals surface area contributed by atoms with Crippen molar-refractivity contribution in [2.24, 2.45) is 0 Å². The molecule has 0 fully saturated rings. The lowest BCUT2D eigenvalue weighted by Crippen LogP contribution is -2.01. The molecule has 0 radical (unpaired) electrons. The lowest BCUT2D eigenvalue weighted by atomic mass is 9.93. The average molecular weight is 294 g/mol. The molecule has 0 saturated heterocycles. The van der Waals surface area contributed by atoms with E-state index in [0.717, 1.165) is 16.9 Å². The van der Waals surface area contributed by atoms with E-state index >= 15 is 0 Å². The van der Waals surface area contributed by atoms with Gasteiger partial charge in [0.05, 0.1) is 18.9 Å². The van der Waals surface area contributed by atoms with Crippen molar-refractivity contribution in [1.29, 1.82) is 0 Å². The molecule has 22 heavy (non-hydrogen) atoms. The highest BCUT2D eigenvalue weighted by molar-refractivity contribution is 6.00. The van der Waals surface area contributed by atoms with Gasteiger partial charge in [-0.25, -0.2) is 4.79 Å². The second-order valence-electron chi connectivity index (χ2n) is 4.74. The molecule has 0 atom stereocenters. The molecule has 0 bridgehead atoms. The van der Waals surface area contributed by atoms with E-state index < -0.39 is 5.97 Å². The molecule has 1 heterocycles. The summed E-state index contributed by atoms with van der Waals surface area (Å²) in [7, 11) is 1.59. The van der Waals surface area contributed by atoms with Gasteiger partial charge in [-0.05, 0) is 35.9 Å². The van der Waals surface area contributed by atoms with Crippen LogP contribution in [0.2, 0.25) is 0 Å². The summed E-state index contributed by atoms with van der Waals surface area (Å²) in [5, 5.41) is 9.49. The van der Waals surface area contributed by atoms with Crippen LogP contribution in [0, 0.1) is 0 Å². The normalized spacial score (nSPS) is 10.4. The Morgan fingerprint density at radius 2 is 1.82 bits per heavy atom. The van der Waals surface area contributed by atoms with E-state index in [1.807, 2.05) is 24.3 Å². The quantitative estimate of drug-likeness (QED) is 0.778. The van der Waals surface area contributed by atoms with Gasteiger partial charge in [0.25, 0.3) is 0 Å². The van der Waals surface area contributed by atoms with Gasteiger partial charge in [-0.1, -0.05) is 24.3 Å². The van der Waals surface area contributed by atoms with Gasteiger partial charge in [0.2, 0.25) is 0 Å². The Morgan fingerprint density at radius 1 is 1.05 bits per heavy atom. The standard InChI is InChI=1S/C18H14O4/c1-21-13-9-7-12(8-10-13)17-14(16-6-3-11-22-16)4-2-5-15(17)18(19)20/h2-11H,1H3,(H,19,20). The number of furan rings is 1. The Balaban J connectivity index is 2.24. The van der Waals surface area contributed by atoms with Crippen molar-refractivity contribution in [2.45, 2.75) is 0 Å². The van der Waals surface area contributed by atoms with Gasteiger partial charge < -0.3 is 14.3 Å². The number of hydrogen-bond acceptors (Lipinski definition) is 3.